The van der Waals surface area contributed by atoms with E-state index >= 15 is 0 Å². The normalized spacial score (nSPS) is 12.8. The zero-order valence-electron chi connectivity index (χ0n) is 11.4. The van der Waals surface area contributed by atoms with E-state index in [9.17, 15) is 13.2 Å². The minimum absolute atomic E-state index is 0.0919. The van der Waals surface area contributed by atoms with Crippen LogP contribution in [0.4, 0.5) is 24.9 Å². The van der Waals surface area contributed by atoms with Gasteiger partial charge in [0.25, 0.3) is 0 Å². The molecule has 0 bridgehead atoms. The molecule has 0 saturated heterocycles. The maximum absolute atomic E-state index is 12.8. The summed E-state index contributed by atoms with van der Waals surface area (Å²) in [4.78, 5) is 11.4. The lowest BCUT2D eigenvalue weighted by molar-refractivity contribution is -0.141. The Balaban J connectivity index is 2.27. The molecular weight excluding hydrogens is 283 g/mol. The topological polar surface area (TPSA) is 62.7 Å². The zero-order valence-corrected chi connectivity index (χ0v) is 11.4. The highest BCUT2D eigenvalue weighted by molar-refractivity contribution is 5.44. The highest BCUT2D eigenvalue weighted by Gasteiger charge is 2.33. The second kappa shape index (κ2) is 5.94. The lowest BCUT2D eigenvalue weighted by Gasteiger charge is -2.16. The Labute approximate surface area is 119 Å². The molecule has 5 nitrogen and oxygen atoms in total. The van der Waals surface area contributed by atoms with E-state index in [1.54, 1.807) is 18.5 Å². The molecule has 1 atom stereocenters. The summed E-state index contributed by atoms with van der Waals surface area (Å²) in [6.45, 7) is 1.81. The molecule has 2 N–H and O–H groups in total. The van der Waals surface area contributed by atoms with E-state index in [4.69, 9.17) is 0 Å². The average molecular weight is 297 g/mol. The number of nitrogens with one attached hydrogen (secondary N) is 2. The SMILES string of the molecule is CNc1nc(NC(C)c2cccnc2)cc(C(F)(F)F)n1. The largest absolute Gasteiger partial charge is 0.433 e. The molecule has 0 aromatic carbocycles. The molecule has 8 heteroatoms. The van der Waals surface area contributed by atoms with Crippen LogP contribution in [-0.4, -0.2) is 22.0 Å². The van der Waals surface area contributed by atoms with E-state index < -0.39 is 11.9 Å². The first-order valence-electron chi connectivity index (χ1n) is 6.20. The van der Waals surface area contributed by atoms with Gasteiger partial charge in [0, 0.05) is 25.5 Å². The summed E-state index contributed by atoms with van der Waals surface area (Å²) in [5.74, 6) is 0.00346. The van der Waals surface area contributed by atoms with Crippen molar-refractivity contribution in [1.82, 2.24) is 15.0 Å². The molecule has 2 aromatic rings. The van der Waals surface area contributed by atoms with Gasteiger partial charge < -0.3 is 10.6 Å². The number of anilines is 2. The summed E-state index contributed by atoms with van der Waals surface area (Å²) >= 11 is 0. The number of aromatic nitrogens is 3. The molecule has 21 heavy (non-hydrogen) atoms. The molecule has 0 radical (unpaired) electrons. The van der Waals surface area contributed by atoms with E-state index in [0.717, 1.165) is 11.6 Å². The Hall–Kier alpha value is -2.38. The number of rotatable bonds is 4. The van der Waals surface area contributed by atoms with E-state index in [-0.39, 0.29) is 17.8 Å². The minimum Gasteiger partial charge on any atom is -0.363 e. The van der Waals surface area contributed by atoms with Crippen molar-refractivity contribution in [2.24, 2.45) is 0 Å². The predicted molar refractivity (Wildman–Crippen MR) is 72.9 cm³/mol. The maximum atomic E-state index is 12.8. The van der Waals surface area contributed by atoms with Crippen molar-refractivity contribution in [1.29, 1.82) is 0 Å². The molecule has 2 rings (SSSR count). The smallest absolute Gasteiger partial charge is 0.363 e. The van der Waals surface area contributed by atoms with Crippen molar-refractivity contribution in [2.45, 2.75) is 19.1 Å². The van der Waals surface area contributed by atoms with Gasteiger partial charge in [0.05, 0.1) is 6.04 Å². The summed E-state index contributed by atoms with van der Waals surface area (Å²) in [6, 6.07) is 4.23. The van der Waals surface area contributed by atoms with E-state index in [2.05, 4.69) is 25.6 Å². The van der Waals surface area contributed by atoms with Gasteiger partial charge in [-0.2, -0.15) is 18.2 Å². The molecule has 2 heterocycles. The lowest BCUT2D eigenvalue weighted by atomic mass is 10.1. The van der Waals surface area contributed by atoms with Gasteiger partial charge in [-0.05, 0) is 18.6 Å². The van der Waals surface area contributed by atoms with Crippen molar-refractivity contribution in [3.05, 3.63) is 41.9 Å². The van der Waals surface area contributed by atoms with Crippen molar-refractivity contribution in [2.75, 3.05) is 17.7 Å². The predicted octanol–water partition coefficient (Wildman–Crippen LogP) is 3.11. The molecule has 112 valence electrons. The Morgan fingerprint density at radius 2 is 2.00 bits per heavy atom. The van der Waals surface area contributed by atoms with Gasteiger partial charge in [-0.15, -0.1) is 0 Å². The quantitative estimate of drug-likeness (QED) is 0.908. The lowest BCUT2D eigenvalue weighted by Crippen LogP contribution is -2.14. The average Bonchev–Trinajstić information content (AvgIpc) is 2.46. The maximum Gasteiger partial charge on any atom is 0.433 e. The minimum atomic E-state index is -4.53. The van der Waals surface area contributed by atoms with Crippen molar-refractivity contribution in [3.63, 3.8) is 0 Å². The number of halogens is 3. The number of hydrogen-bond donors (Lipinski definition) is 2. The molecule has 0 fully saturated rings. The van der Waals surface area contributed by atoms with Crippen molar-refractivity contribution in [3.8, 4) is 0 Å². The fraction of sp³-hybridized carbons (Fsp3) is 0.308. The van der Waals surface area contributed by atoms with E-state index in [0.29, 0.717) is 0 Å². The van der Waals surface area contributed by atoms with Gasteiger partial charge in [0.1, 0.15) is 5.82 Å². The van der Waals surface area contributed by atoms with Crippen LogP contribution in [0.1, 0.15) is 24.2 Å². The number of pyridine rings is 1. The summed E-state index contributed by atoms with van der Waals surface area (Å²) in [5, 5.41) is 5.43. The van der Waals surface area contributed by atoms with E-state index in [1.807, 2.05) is 13.0 Å². The fourth-order valence-electron chi connectivity index (χ4n) is 1.72. The van der Waals surface area contributed by atoms with Crippen LogP contribution in [0.3, 0.4) is 0 Å². The van der Waals surface area contributed by atoms with Crippen LogP contribution in [0.2, 0.25) is 0 Å². The second-order valence-corrected chi connectivity index (χ2v) is 4.36. The first kappa shape index (κ1) is 15.0. The Morgan fingerprint density at radius 3 is 2.57 bits per heavy atom. The molecule has 0 aliphatic heterocycles. The van der Waals surface area contributed by atoms with Gasteiger partial charge in [0.15, 0.2) is 5.69 Å². The van der Waals surface area contributed by atoms with Crippen molar-refractivity contribution >= 4 is 11.8 Å². The Bertz CT molecular complexity index is 601. The number of nitrogens with zero attached hydrogens (tertiary/aromatic N) is 3. The van der Waals surface area contributed by atoms with Crippen LogP contribution in [0.25, 0.3) is 0 Å². The third-order valence-electron chi connectivity index (χ3n) is 2.79. The van der Waals surface area contributed by atoms with Crippen LogP contribution >= 0.6 is 0 Å². The summed E-state index contributed by atoms with van der Waals surface area (Å²) in [5.41, 5.74) is -0.154. The first-order valence-corrected chi connectivity index (χ1v) is 6.20. The summed E-state index contributed by atoms with van der Waals surface area (Å²) in [6.07, 6.45) is -1.26. The standard InChI is InChI=1S/C13H14F3N5/c1-8(9-4-3-5-18-7-9)19-11-6-10(13(14,15)16)20-12(17-2)21-11/h3-8H,1-2H3,(H2,17,19,20,21). The van der Waals surface area contributed by atoms with Crippen LogP contribution in [0, 0.1) is 0 Å². The Kier molecular flexibility index (Phi) is 4.25. The van der Waals surface area contributed by atoms with Crippen molar-refractivity contribution < 1.29 is 13.2 Å². The molecule has 0 saturated carbocycles. The zero-order chi connectivity index (χ0) is 15.5. The highest BCUT2D eigenvalue weighted by atomic mass is 19.4. The monoisotopic (exact) mass is 297 g/mol. The molecule has 0 amide bonds. The number of hydrogen-bond acceptors (Lipinski definition) is 5. The van der Waals surface area contributed by atoms with Crippen LogP contribution in [0.15, 0.2) is 30.6 Å². The molecule has 0 aliphatic carbocycles. The fourth-order valence-corrected chi connectivity index (χ4v) is 1.72. The second-order valence-electron chi connectivity index (χ2n) is 4.36. The summed E-state index contributed by atoms with van der Waals surface area (Å²) < 4.78 is 38.4. The highest BCUT2D eigenvalue weighted by Crippen LogP contribution is 2.30. The third kappa shape index (κ3) is 3.80. The molecule has 0 aliphatic rings. The molecular formula is C13H14F3N5. The molecule has 0 spiro atoms. The first-order chi connectivity index (χ1) is 9.90. The third-order valence-corrected chi connectivity index (χ3v) is 2.79. The van der Waals surface area contributed by atoms with E-state index in [1.165, 1.54) is 7.05 Å². The van der Waals surface area contributed by atoms with Crippen LogP contribution in [0.5, 0.6) is 0 Å². The number of alkyl halides is 3. The summed E-state index contributed by atoms with van der Waals surface area (Å²) in [7, 11) is 1.46. The van der Waals surface area contributed by atoms with Gasteiger partial charge >= 0.3 is 6.18 Å². The van der Waals surface area contributed by atoms with Crippen LogP contribution < -0.4 is 10.6 Å². The van der Waals surface area contributed by atoms with Gasteiger partial charge in [0.2, 0.25) is 5.95 Å². The van der Waals surface area contributed by atoms with Gasteiger partial charge in [-0.3, -0.25) is 4.98 Å². The van der Waals surface area contributed by atoms with Gasteiger partial charge in [-0.1, -0.05) is 6.07 Å². The van der Waals surface area contributed by atoms with Crippen LogP contribution in [-0.2, 0) is 6.18 Å². The molecule has 1 unspecified atom stereocenters. The van der Waals surface area contributed by atoms with Gasteiger partial charge in [-0.25, -0.2) is 4.98 Å². The Morgan fingerprint density at radius 1 is 1.24 bits per heavy atom. The molecule has 2 aromatic heterocycles.